The van der Waals surface area contributed by atoms with E-state index in [9.17, 15) is 0 Å². The molecule has 5 heteroatoms. The van der Waals surface area contributed by atoms with Gasteiger partial charge in [-0.1, -0.05) is 18.2 Å². The third-order valence-electron chi connectivity index (χ3n) is 4.35. The van der Waals surface area contributed by atoms with E-state index in [0.717, 1.165) is 30.3 Å². The van der Waals surface area contributed by atoms with E-state index >= 15 is 0 Å². The third-order valence-corrected chi connectivity index (χ3v) is 4.35. The summed E-state index contributed by atoms with van der Waals surface area (Å²) in [5.41, 5.74) is 3.29. The molecule has 0 spiro atoms. The highest BCUT2D eigenvalue weighted by Crippen LogP contribution is 2.23. The molecule has 0 bridgehead atoms. The van der Waals surface area contributed by atoms with Gasteiger partial charge in [-0.25, -0.2) is 4.98 Å². The van der Waals surface area contributed by atoms with E-state index in [1.807, 2.05) is 48.3 Å². The van der Waals surface area contributed by atoms with Crippen molar-refractivity contribution < 1.29 is 0 Å². The maximum Gasteiger partial charge on any atom is 0.231 e. The fourth-order valence-electron chi connectivity index (χ4n) is 2.84. The highest BCUT2D eigenvalue weighted by molar-refractivity contribution is 5.63. The molecule has 26 heavy (non-hydrogen) atoms. The van der Waals surface area contributed by atoms with Crippen LogP contribution in [0.1, 0.15) is 13.8 Å². The Morgan fingerprint density at radius 2 is 1.54 bits per heavy atom. The molecule has 5 nitrogen and oxygen atoms in total. The molecule has 0 aliphatic carbocycles. The molecule has 1 heterocycles. The Labute approximate surface area is 155 Å². The maximum absolute atomic E-state index is 4.63. The Morgan fingerprint density at radius 3 is 2.19 bits per heavy atom. The third kappa shape index (κ3) is 4.11. The van der Waals surface area contributed by atoms with Crippen LogP contribution in [0.3, 0.4) is 0 Å². The molecule has 1 aromatic heterocycles. The summed E-state index contributed by atoms with van der Waals surface area (Å²) in [5.74, 6) is 1.43. The minimum Gasteiger partial charge on any atom is -0.372 e. The second kappa shape index (κ2) is 8.34. The fourth-order valence-corrected chi connectivity index (χ4v) is 2.84. The van der Waals surface area contributed by atoms with Crippen molar-refractivity contribution in [3.05, 3.63) is 66.9 Å². The molecule has 2 aromatic carbocycles. The molecule has 0 saturated heterocycles. The maximum atomic E-state index is 4.63. The lowest BCUT2D eigenvalue weighted by atomic mass is 10.2. The normalized spacial score (nSPS) is 10.4. The molecule has 0 atom stereocenters. The summed E-state index contributed by atoms with van der Waals surface area (Å²) in [6, 6.07) is 20.4. The van der Waals surface area contributed by atoms with Crippen molar-refractivity contribution in [1.82, 2.24) is 9.97 Å². The fraction of sp³-hybridized carbons (Fsp3) is 0.238. The van der Waals surface area contributed by atoms with Crippen LogP contribution in [-0.2, 0) is 0 Å². The summed E-state index contributed by atoms with van der Waals surface area (Å²) in [7, 11) is 1.97. The topological polar surface area (TPSA) is 44.3 Å². The first-order valence-corrected chi connectivity index (χ1v) is 8.95. The van der Waals surface area contributed by atoms with Gasteiger partial charge in [0.15, 0.2) is 0 Å². The minimum absolute atomic E-state index is 0.654. The van der Waals surface area contributed by atoms with Gasteiger partial charge in [-0.05, 0) is 56.3 Å². The number of nitrogens with zero attached hydrogens (tertiary/aromatic N) is 4. The van der Waals surface area contributed by atoms with E-state index in [4.69, 9.17) is 0 Å². The Hall–Kier alpha value is -3.08. The zero-order valence-corrected chi connectivity index (χ0v) is 15.6. The molecule has 0 aliphatic rings. The van der Waals surface area contributed by atoms with Crippen LogP contribution in [0.2, 0.25) is 0 Å². The van der Waals surface area contributed by atoms with Crippen LogP contribution in [0, 0.1) is 0 Å². The van der Waals surface area contributed by atoms with E-state index in [1.165, 1.54) is 5.69 Å². The first-order chi connectivity index (χ1) is 12.7. The molecule has 3 aromatic rings. The van der Waals surface area contributed by atoms with Gasteiger partial charge in [0.2, 0.25) is 5.95 Å². The van der Waals surface area contributed by atoms with Crippen LogP contribution >= 0.6 is 0 Å². The van der Waals surface area contributed by atoms with Crippen LogP contribution in [0.25, 0.3) is 0 Å². The number of benzene rings is 2. The number of rotatable bonds is 7. The number of para-hydroxylation sites is 1. The summed E-state index contributed by atoms with van der Waals surface area (Å²) in [6.07, 6.45) is 1.77. The molecule has 0 unspecified atom stereocenters. The number of hydrogen-bond donors (Lipinski definition) is 1. The average Bonchev–Trinajstić information content (AvgIpc) is 2.70. The Kier molecular flexibility index (Phi) is 5.69. The molecule has 0 fully saturated rings. The quantitative estimate of drug-likeness (QED) is 0.663. The van der Waals surface area contributed by atoms with Crippen molar-refractivity contribution >= 4 is 28.8 Å². The second-order valence-electron chi connectivity index (χ2n) is 5.98. The first-order valence-electron chi connectivity index (χ1n) is 8.95. The zero-order chi connectivity index (χ0) is 18.4. The SMILES string of the molecule is CCN(CC)c1ccc(Nc2ccnc(N(C)c3ccccc3)n2)cc1. The van der Waals surface area contributed by atoms with Gasteiger partial charge in [0.1, 0.15) is 5.82 Å². The predicted molar refractivity (Wildman–Crippen MR) is 110 cm³/mol. The van der Waals surface area contributed by atoms with Crippen molar-refractivity contribution in [2.24, 2.45) is 0 Å². The van der Waals surface area contributed by atoms with Gasteiger partial charge in [-0.2, -0.15) is 4.98 Å². The Morgan fingerprint density at radius 1 is 0.846 bits per heavy atom. The van der Waals surface area contributed by atoms with Crippen molar-refractivity contribution in [2.75, 3.05) is 35.3 Å². The number of nitrogens with one attached hydrogen (secondary N) is 1. The monoisotopic (exact) mass is 347 g/mol. The van der Waals surface area contributed by atoms with Gasteiger partial charge in [-0.3, -0.25) is 0 Å². The lowest BCUT2D eigenvalue weighted by molar-refractivity contribution is 0.866. The summed E-state index contributed by atoms with van der Waals surface area (Å²) >= 11 is 0. The van der Waals surface area contributed by atoms with Crippen LogP contribution in [0.4, 0.5) is 28.8 Å². The van der Waals surface area contributed by atoms with Gasteiger partial charge in [0.05, 0.1) is 0 Å². The van der Waals surface area contributed by atoms with Gasteiger partial charge >= 0.3 is 0 Å². The van der Waals surface area contributed by atoms with E-state index in [2.05, 4.69) is 58.3 Å². The summed E-state index contributed by atoms with van der Waals surface area (Å²) in [6.45, 7) is 6.34. The lowest BCUT2D eigenvalue weighted by Crippen LogP contribution is -2.21. The number of anilines is 5. The van der Waals surface area contributed by atoms with Crippen molar-refractivity contribution in [3.63, 3.8) is 0 Å². The highest BCUT2D eigenvalue weighted by Gasteiger charge is 2.08. The van der Waals surface area contributed by atoms with Gasteiger partial charge in [0.25, 0.3) is 0 Å². The Bertz CT molecular complexity index is 813. The van der Waals surface area contributed by atoms with E-state index in [0.29, 0.717) is 5.95 Å². The molecular weight excluding hydrogens is 322 g/mol. The van der Waals surface area contributed by atoms with Crippen LogP contribution in [0.5, 0.6) is 0 Å². The van der Waals surface area contributed by atoms with Crippen molar-refractivity contribution in [2.45, 2.75) is 13.8 Å². The molecular formula is C21H25N5. The van der Waals surface area contributed by atoms with E-state index < -0.39 is 0 Å². The molecule has 1 N–H and O–H groups in total. The second-order valence-corrected chi connectivity index (χ2v) is 5.98. The predicted octanol–water partition coefficient (Wildman–Crippen LogP) is 4.83. The molecule has 0 aliphatic heterocycles. The van der Waals surface area contributed by atoms with Gasteiger partial charge in [0, 0.05) is 43.4 Å². The lowest BCUT2D eigenvalue weighted by Gasteiger charge is -2.21. The molecule has 0 saturated carbocycles. The van der Waals surface area contributed by atoms with Crippen molar-refractivity contribution in [3.8, 4) is 0 Å². The van der Waals surface area contributed by atoms with E-state index in [1.54, 1.807) is 6.20 Å². The molecule has 3 rings (SSSR count). The minimum atomic E-state index is 0.654. The van der Waals surface area contributed by atoms with Gasteiger partial charge < -0.3 is 15.1 Å². The number of aromatic nitrogens is 2. The van der Waals surface area contributed by atoms with Gasteiger partial charge in [-0.15, -0.1) is 0 Å². The van der Waals surface area contributed by atoms with Crippen molar-refractivity contribution in [1.29, 1.82) is 0 Å². The van der Waals surface area contributed by atoms with Crippen LogP contribution < -0.4 is 15.1 Å². The van der Waals surface area contributed by atoms with Crippen LogP contribution in [0.15, 0.2) is 66.9 Å². The standard InChI is InChI=1S/C21H25N5/c1-4-26(5-2)19-13-11-17(12-14-19)23-20-15-16-22-21(24-20)25(3)18-9-7-6-8-10-18/h6-16H,4-5H2,1-3H3,(H,22,23,24). The zero-order valence-electron chi connectivity index (χ0n) is 15.6. The summed E-state index contributed by atoms with van der Waals surface area (Å²) in [4.78, 5) is 13.3. The highest BCUT2D eigenvalue weighted by atomic mass is 15.2. The summed E-state index contributed by atoms with van der Waals surface area (Å²) in [5, 5.41) is 3.36. The van der Waals surface area contributed by atoms with E-state index in [-0.39, 0.29) is 0 Å². The average molecular weight is 347 g/mol. The smallest absolute Gasteiger partial charge is 0.231 e. The largest absolute Gasteiger partial charge is 0.372 e. The first kappa shape index (κ1) is 17.7. The number of hydrogen-bond acceptors (Lipinski definition) is 5. The summed E-state index contributed by atoms with van der Waals surface area (Å²) < 4.78 is 0. The molecule has 0 amide bonds. The molecule has 134 valence electrons. The van der Waals surface area contributed by atoms with Crippen LogP contribution in [-0.4, -0.2) is 30.1 Å². The molecule has 0 radical (unpaired) electrons. The Balaban J connectivity index is 1.75.